The van der Waals surface area contributed by atoms with Gasteiger partial charge in [0.05, 0.1) is 28.7 Å². The number of hydrogen-bond donors (Lipinski definition) is 1. The molecule has 2 heterocycles. The number of aryl methyl sites for hydroxylation is 1. The van der Waals surface area contributed by atoms with Gasteiger partial charge in [0, 0.05) is 17.6 Å². The smallest absolute Gasteiger partial charge is 0.125 e. The molecule has 0 bridgehead atoms. The van der Waals surface area contributed by atoms with Gasteiger partial charge in [-0.2, -0.15) is 5.10 Å². The van der Waals surface area contributed by atoms with Gasteiger partial charge in [0.1, 0.15) is 5.76 Å². The third-order valence-corrected chi connectivity index (χ3v) is 4.28. The molecule has 0 atom stereocenters. The summed E-state index contributed by atoms with van der Waals surface area (Å²) in [7, 11) is 0. The quantitative estimate of drug-likeness (QED) is 0.921. The van der Waals surface area contributed by atoms with E-state index in [1.54, 1.807) is 0 Å². The number of aromatic nitrogens is 2. The molecular weight excluding hydrogens is 318 g/mol. The van der Waals surface area contributed by atoms with Crippen LogP contribution in [0.4, 0.5) is 0 Å². The maximum atomic E-state index is 5.62. The van der Waals surface area contributed by atoms with Gasteiger partial charge in [-0.3, -0.25) is 4.68 Å². The van der Waals surface area contributed by atoms with E-state index in [4.69, 9.17) is 4.42 Å². The molecule has 20 heavy (non-hydrogen) atoms. The molecule has 0 saturated carbocycles. The van der Waals surface area contributed by atoms with E-state index >= 15 is 0 Å². The Hall–Kier alpha value is -1.07. The van der Waals surface area contributed by atoms with Crippen LogP contribution in [0.15, 0.2) is 21.2 Å². The lowest BCUT2D eigenvalue weighted by molar-refractivity contribution is 0.422. The van der Waals surface area contributed by atoms with Crippen molar-refractivity contribution < 1.29 is 4.42 Å². The van der Waals surface area contributed by atoms with Crippen molar-refractivity contribution in [2.45, 2.75) is 53.2 Å². The number of furan rings is 1. The molecule has 1 N–H and O–H groups in total. The Labute approximate surface area is 128 Å². The highest BCUT2D eigenvalue weighted by Crippen LogP contribution is 2.21. The average molecular weight is 340 g/mol. The van der Waals surface area contributed by atoms with Crippen molar-refractivity contribution in [2.24, 2.45) is 0 Å². The highest BCUT2D eigenvalue weighted by atomic mass is 79.9. The summed E-state index contributed by atoms with van der Waals surface area (Å²) < 4.78 is 8.65. The van der Waals surface area contributed by atoms with E-state index in [0.717, 1.165) is 33.7 Å². The predicted molar refractivity (Wildman–Crippen MR) is 83.8 cm³/mol. The average Bonchev–Trinajstić information content (AvgIpc) is 2.88. The summed E-state index contributed by atoms with van der Waals surface area (Å²) in [5, 5.41) is 7.94. The van der Waals surface area contributed by atoms with E-state index in [-0.39, 0.29) is 5.54 Å². The van der Waals surface area contributed by atoms with E-state index in [1.807, 2.05) is 17.9 Å². The fourth-order valence-electron chi connectivity index (χ4n) is 1.95. The summed E-state index contributed by atoms with van der Waals surface area (Å²) in [4.78, 5) is 0. The van der Waals surface area contributed by atoms with Crippen LogP contribution < -0.4 is 5.32 Å². The Kier molecular flexibility index (Phi) is 4.39. The van der Waals surface area contributed by atoms with Crippen molar-refractivity contribution in [2.75, 3.05) is 0 Å². The van der Waals surface area contributed by atoms with Crippen LogP contribution in [-0.4, -0.2) is 15.3 Å². The number of nitrogens with zero attached hydrogens (tertiary/aromatic N) is 2. The Morgan fingerprint density at radius 3 is 2.60 bits per heavy atom. The molecule has 0 aliphatic rings. The Morgan fingerprint density at radius 2 is 2.05 bits per heavy atom. The maximum absolute atomic E-state index is 5.62. The van der Waals surface area contributed by atoms with Gasteiger partial charge in [-0.05, 0) is 56.6 Å². The van der Waals surface area contributed by atoms with Crippen LogP contribution in [0.5, 0.6) is 0 Å². The van der Waals surface area contributed by atoms with Crippen molar-refractivity contribution in [1.29, 1.82) is 0 Å². The first kappa shape index (κ1) is 15.3. The summed E-state index contributed by atoms with van der Waals surface area (Å²) >= 11 is 3.54. The molecule has 2 aromatic heterocycles. The fourth-order valence-corrected chi connectivity index (χ4v) is 2.23. The molecule has 2 aromatic rings. The summed E-state index contributed by atoms with van der Waals surface area (Å²) in [6.07, 6.45) is 1.81. The molecule has 0 aliphatic carbocycles. The summed E-state index contributed by atoms with van der Waals surface area (Å²) in [5.41, 5.74) is 3.39. The lowest BCUT2D eigenvalue weighted by atomic mass is 10.1. The van der Waals surface area contributed by atoms with E-state index in [1.165, 1.54) is 0 Å². The fraction of sp³-hybridized carbons (Fsp3) is 0.533. The molecule has 0 spiro atoms. The molecule has 0 unspecified atom stereocenters. The highest BCUT2D eigenvalue weighted by Gasteiger charge is 2.12. The second-order valence-corrected chi connectivity index (χ2v) is 6.96. The molecule has 0 amide bonds. The molecule has 110 valence electrons. The minimum Gasteiger partial charge on any atom is -0.467 e. The topological polar surface area (TPSA) is 43.0 Å². The largest absolute Gasteiger partial charge is 0.467 e. The van der Waals surface area contributed by atoms with Gasteiger partial charge in [-0.25, -0.2) is 0 Å². The van der Waals surface area contributed by atoms with Crippen molar-refractivity contribution in [3.05, 3.63) is 39.5 Å². The Balaban J connectivity index is 2.04. The van der Waals surface area contributed by atoms with E-state index < -0.39 is 0 Å². The van der Waals surface area contributed by atoms with Gasteiger partial charge < -0.3 is 9.73 Å². The molecule has 2 rings (SSSR count). The standard InChI is InChI=1S/C15H22BrN3O/c1-10-14(16)11(2)19(18-10)8-13-6-12(9-20-13)7-17-15(3,4)5/h6,9,17H,7-8H2,1-5H3. The van der Waals surface area contributed by atoms with Gasteiger partial charge in [-0.15, -0.1) is 0 Å². The third-order valence-electron chi connectivity index (χ3n) is 3.13. The van der Waals surface area contributed by atoms with Crippen LogP contribution in [0.1, 0.15) is 43.5 Å². The second kappa shape index (κ2) is 5.74. The van der Waals surface area contributed by atoms with E-state index in [9.17, 15) is 0 Å². The van der Waals surface area contributed by atoms with Crippen molar-refractivity contribution in [1.82, 2.24) is 15.1 Å². The molecule has 0 fully saturated rings. The van der Waals surface area contributed by atoms with Gasteiger partial charge in [0.25, 0.3) is 0 Å². The van der Waals surface area contributed by atoms with Crippen LogP contribution in [0, 0.1) is 13.8 Å². The lowest BCUT2D eigenvalue weighted by Gasteiger charge is -2.19. The first-order chi connectivity index (χ1) is 9.26. The van der Waals surface area contributed by atoms with Crippen LogP contribution in [0.2, 0.25) is 0 Å². The zero-order chi connectivity index (χ0) is 14.9. The van der Waals surface area contributed by atoms with Gasteiger partial charge in [0.2, 0.25) is 0 Å². The van der Waals surface area contributed by atoms with E-state index in [0.29, 0.717) is 6.54 Å². The molecule has 0 aliphatic heterocycles. The monoisotopic (exact) mass is 339 g/mol. The molecule has 0 radical (unpaired) electrons. The molecule has 0 saturated heterocycles. The molecular formula is C15H22BrN3O. The van der Waals surface area contributed by atoms with Crippen molar-refractivity contribution in [3.63, 3.8) is 0 Å². The molecule has 0 aromatic carbocycles. The summed E-state index contributed by atoms with van der Waals surface area (Å²) in [6.45, 7) is 12.0. The number of halogens is 1. The number of hydrogen-bond acceptors (Lipinski definition) is 3. The first-order valence-corrected chi connectivity index (χ1v) is 7.56. The minimum absolute atomic E-state index is 0.109. The van der Waals surface area contributed by atoms with Gasteiger partial charge >= 0.3 is 0 Å². The van der Waals surface area contributed by atoms with Crippen LogP contribution in [-0.2, 0) is 13.1 Å². The zero-order valence-electron chi connectivity index (χ0n) is 12.7. The number of rotatable bonds is 4. The second-order valence-electron chi connectivity index (χ2n) is 6.17. The Bertz CT molecular complexity index is 593. The zero-order valence-corrected chi connectivity index (χ0v) is 14.3. The third kappa shape index (κ3) is 3.73. The SMILES string of the molecule is Cc1nn(Cc2cc(CNC(C)(C)C)co2)c(C)c1Br. The maximum Gasteiger partial charge on any atom is 0.125 e. The highest BCUT2D eigenvalue weighted by molar-refractivity contribution is 9.10. The van der Waals surface area contributed by atoms with E-state index in [2.05, 4.69) is 60.1 Å². The predicted octanol–water partition coefficient (Wildman–Crippen LogP) is 3.79. The molecule has 4 nitrogen and oxygen atoms in total. The van der Waals surface area contributed by atoms with Crippen LogP contribution in [0.3, 0.4) is 0 Å². The minimum atomic E-state index is 0.109. The van der Waals surface area contributed by atoms with Crippen molar-refractivity contribution >= 4 is 15.9 Å². The van der Waals surface area contributed by atoms with Crippen molar-refractivity contribution in [3.8, 4) is 0 Å². The summed E-state index contributed by atoms with van der Waals surface area (Å²) in [6, 6.07) is 2.09. The lowest BCUT2D eigenvalue weighted by Crippen LogP contribution is -2.34. The van der Waals surface area contributed by atoms with Crippen LogP contribution in [0.25, 0.3) is 0 Å². The Morgan fingerprint density at radius 1 is 1.35 bits per heavy atom. The molecule has 5 heteroatoms. The summed E-state index contributed by atoms with van der Waals surface area (Å²) in [5.74, 6) is 0.925. The number of nitrogens with one attached hydrogen (secondary N) is 1. The first-order valence-electron chi connectivity index (χ1n) is 6.77. The normalized spacial score (nSPS) is 12.1. The van der Waals surface area contributed by atoms with Gasteiger partial charge in [-0.1, -0.05) is 0 Å². The van der Waals surface area contributed by atoms with Crippen LogP contribution >= 0.6 is 15.9 Å². The van der Waals surface area contributed by atoms with Gasteiger partial charge in [0.15, 0.2) is 0 Å².